The first-order valence-corrected chi connectivity index (χ1v) is 6.05. The maximum atomic E-state index is 10.6. The molecule has 0 aromatic heterocycles. The lowest BCUT2D eigenvalue weighted by molar-refractivity contribution is -0.109. The Labute approximate surface area is 108 Å². The third-order valence-electron chi connectivity index (χ3n) is 3.36. The predicted molar refractivity (Wildman–Crippen MR) is 73.4 cm³/mol. The summed E-state index contributed by atoms with van der Waals surface area (Å²) in [5.41, 5.74) is 2.19. The van der Waals surface area contributed by atoms with Crippen LogP contribution in [0.4, 0.5) is 0 Å². The normalized spacial score (nSPS) is 10.9. The van der Waals surface area contributed by atoms with Gasteiger partial charge >= 0.3 is 0 Å². The van der Waals surface area contributed by atoms with E-state index in [1.54, 1.807) is 0 Å². The summed E-state index contributed by atoms with van der Waals surface area (Å²) in [6.07, 6.45) is 0.754. The third kappa shape index (κ3) is 2.43. The zero-order valence-electron chi connectivity index (χ0n) is 10.5. The minimum Gasteiger partial charge on any atom is -0.357 e. The molecule has 0 bridgehead atoms. The van der Waals surface area contributed by atoms with E-state index in [1.807, 2.05) is 36.4 Å². The maximum Gasteiger partial charge on any atom is 0.207 e. The summed E-state index contributed by atoms with van der Waals surface area (Å²) < 4.78 is 0. The van der Waals surface area contributed by atoms with Crippen molar-refractivity contribution in [2.24, 2.45) is 0 Å². The van der Waals surface area contributed by atoms with E-state index in [0.717, 1.165) is 6.41 Å². The summed E-state index contributed by atoms with van der Waals surface area (Å²) >= 11 is 0. The molecule has 1 N–H and O–H groups in total. The van der Waals surface area contributed by atoms with Gasteiger partial charge in [-0.05, 0) is 18.1 Å². The number of carbonyl (C=O) groups excluding carboxylic acids is 1. The number of amides is 1. The van der Waals surface area contributed by atoms with E-state index in [1.165, 1.54) is 11.1 Å². The highest BCUT2D eigenvalue weighted by molar-refractivity contribution is 5.48. The van der Waals surface area contributed by atoms with Crippen molar-refractivity contribution in [3.63, 3.8) is 0 Å². The van der Waals surface area contributed by atoms with Gasteiger partial charge in [0.25, 0.3) is 0 Å². The molecule has 0 fully saturated rings. The fourth-order valence-corrected chi connectivity index (χ4v) is 2.23. The summed E-state index contributed by atoms with van der Waals surface area (Å²) in [5.74, 6) is 0. The van der Waals surface area contributed by atoms with Crippen LogP contribution in [0.1, 0.15) is 18.1 Å². The molecule has 0 aliphatic carbocycles. The molecule has 0 aliphatic heterocycles. The van der Waals surface area contributed by atoms with E-state index in [0.29, 0.717) is 6.54 Å². The summed E-state index contributed by atoms with van der Waals surface area (Å²) in [5, 5.41) is 2.81. The molecule has 2 aromatic carbocycles. The van der Waals surface area contributed by atoms with Crippen LogP contribution in [0.5, 0.6) is 0 Å². The van der Waals surface area contributed by atoms with Gasteiger partial charge in [0.2, 0.25) is 6.41 Å². The Morgan fingerprint density at radius 1 is 0.944 bits per heavy atom. The van der Waals surface area contributed by atoms with Crippen molar-refractivity contribution in [1.29, 1.82) is 0 Å². The Morgan fingerprint density at radius 3 is 1.78 bits per heavy atom. The molecule has 0 radical (unpaired) electrons. The first kappa shape index (κ1) is 12.4. The lowest BCUT2D eigenvalue weighted by Crippen LogP contribution is -2.36. The molecule has 0 saturated heterocycles. The zero-order valence-corrected chi connectivity index (χ0v) is 10.5. The van der Waals surface area contributed by atoms with Crippen LogP contribution in [0.15, 0.2) is 60.7 Å². The Kier molecular flexibility index (Phi) is 3.78. The quantitative estimate of drug-likeness (QED) is 0.799. The molecule has 2 heteroatoms. The van der Waals surface area contributed by atoms with Gasteiger partial charge in [-0.1, -0.05) is 60.7 Å². The molecule has 0 heterocycles. The largest absolute Gasteiger partial charge is 0.357 e. The molecule has 2 aromatic rings. The monoisotopic (exact) mass is 239 g/mol. The number of hydrogen-bond acceptors (Lipinski definition) is 1. The van der Waals surface area contributed by atoms with Crippen LogP contribution in [0.25, 0.3) is 0 Å². The number of benzene rings is 2. The molecular formula is C16H17NO. The summed E-state index contributed by atoms with van der Waals surface area (Å²) in [4.78, 5) is 10.6. The minimum absolute atomic E-state index is 0.205. The van der Waals surface area contributed by atoms with E-state index >= 15 is 0 Å². The Morgan fingerprint density at radius 2 is 1.39 bits per heavy atom. The van der Waals surface area contributed by atoms with Gasteiger partial charge in [-0.15, -0.1) is 0 Å². The molecule has 2 rings (SSSR count). The standard InChI is InChI=1S/C16H17NO/c1-16(12-17-13-18,14-8-4-2-5-9-14)15-10-6-3-7-11-15/h2-11,13H,12H2,1H3,(H,17,18). The third-order valence-corrected chi connectivity index (χ3v) is 3.36. The second-order valence-corrected chi connectivity index (χ2v) is 4.56. The molecule has 0 saturated carbocycles. The van der Waals surface area contributed by atoms with Crippen molar-refractivity contribution in [3.05, 3.63) is 71.8 Å². The van der Waals surface area contributed by atoms with E-state index < -0.39 is 0 Å². The number of hydrogen-bond donors (Lipinski definition) is 1. The van der Waals surface area contributed by atoms with Crippen molar-refractivity contribution in [3.8, 4) is 0 Å². The Balaban J connectivity index is 2.44. The average Bonchev–Trinajstić information content (AvgIpc) is 2.46. The van der Waals surface area contributed by atoms with Gasteiger partial charge in [-0.25, -0.2) is 0 Å². The molecule has 0 atom stereocenters. The maximum absolute atomic E-state index is 10.6. The van der Waals surface area contributed by atoms with Crippen molar-refractivity contribution in [2.75, 3.05) is 6.54 Å². The highest BCUT2D eigenvalue weighted by atomic mass is 16.1. The van der Waals surface area contributed by atoms with Gasteiger partial charge < -0.3 is 5.32 Å². The molecule has 92 valence electrons. The van der Waals surface area contributed by atoms with Crippen molar-refractivity contribution < 1.29 is 4.79 Å². The van der Waals surface area contributed by atoms with Crippen LogP contribution < -0.4 is 5.32 Å². The van der Waals surface area contributed by atoms with E-state index in [9.17, 15) is 4.79 Å². The van der Waals surface area contributed by atoms with Gasteiger partial charge in [0.15, 0.2) is 0 Å². The fourth-order valence-electron chi connectivity index (χ4n) is 2.23. The van der Waals surface area contributed by atoms with Gasteiger partial charge in [-0.2, -0.15) is 0 Å². The highest BCUT2D eigenvalue weighted by Gasteiger charge is 2.28. The lowest BCUT2D eigenvalue weighted by atomic mass is 9.76. The average molecular weight is 239 g/mol. The van der Waals surface area contributed by atoms with Crippen molar-refractivity contribution >= 4 is 6.41 Å². The Bertz CT molecular complexity index is 454. The second kappa shape index (κ2) is 5.50. The van der Waals surface area contributed by atoms with Crippen LogP contribution in [0.2, 0.25) is 0 Å². The van der Waals surface area contributed by atoms with Gasteiger partial charge in [-0.3, -0.25) is 4.79 Å². The van der Waals surface area contributed by atoms with Crippen LogP contribution >= 0.6 is 0 Å². The molecule has 2 nitrogen and oxygen atoms in total. The van der Waals surface area contributed by atoms with Crippen LogP contribution in [-0.2, 0) is 10.2 Å². The Hall–Kier alpha value is -2.09. The molecule has 0 unspecified atom stereocenters. The summed E-state index contributed by atoms with van der Waals surface area (Å²) in [6, 6.07) is 20.5. The minimum atomic E-state index is -0.205. The summed E-state index contributed by atoms with van der Waals surface area (Å²) in [7, 11) is 0. The molecular weight excluding hydrogens is 222 g/mol. The predicted octanol–water partition coefficient (Wildman–Crippen LogP) is 2.74. The van der Waals surface area contributed by atoms with Crippen LogP contribution in [0.3, 0.4) is 0 Å². The van der Waals surface area contributed by atoms with Crippen molar-refractivity contribution in [2.45, 2.75) is 12.3 Å². The lowest BCUT2D eigenvalue weighted by Gasteiger charge is -2.30. The first-order valence-electron chi connectivity index (χ1n) is 6.05. The smallest absolute Gasteiger partial charge is 0.207 e. The van der Waals surface area contributed by atoms with Crippen LogP contribution in [-0.4, -0.2) is 13.0 Å². The van der Waals surface area contributed by atoms with Crippen molar-refractivity contribution in [1.82, 2.24) is 5.32 Å². The van der Waals surface area contributed by atoms with E-state index in [2.05, 4.69) is 36.5 Å². The highest BCUT2D eigenvalue weighted by Crippen LogP contribution is 2.30. The van der Waals surface area contributed by atoms with Gasteiger partial charge in [0.1, 0.15) is 0 Å². The summed E-state index contributed by atoms with van der Waals surface area (Å²) in [6.45, 7) is 2.73. The molecule has 1 amide bonds. The number of carbonyl (C=O) groups is 1. The van der Waals surface area contributed by atoms with E-state index in [-0.39, 0.29) is 5.41 Å². The molecule has 0 aliphatic rings. The molecule has 18 heavy (non-hydrogen) atoms. The SMILES string of the molecule is CC(CNC=O)(c1ccccc1)c1ccccc1. The topological polar surface area (TPSA) is 29.1 Å². The number of rotatable bonds is 5. The van der Waals surface area contributed by atoms with Gasteiger partial charge in [0.05, 0.1) is 0 Å². The number of nitrogens with one attached hydrogen (secondary N) is 1. The fraction of sp³-hybridized carbons (Fsp3) is 0.188. The van der Waals surface area contributed by atoms with Gasteiger partial charge in [0, 0.05) is 12.0 Å². The zero-order chi connectivity index (χ0) is 12.8. The first-order chi connectivity index (χ1) is 8.77. The second-order valence-electron chi connectivity index (χ2n) is 4.56. The van der Waals surface area contributed by atoms with E-state index in [4.69, 9.17) is 0 Å². The van der Waals surface area contributed by atoms with Crippen LogP contribution in [0, 0.1) is 0 Å². The molecule has 0 spiro atoms.